The molecule has 0 atom stereocenters. The average molecular weight is 328 g/mol. The lowest BCUT2D eigenvalue weighted by Gasteiger charge is -2.11. The second-order valence-electron chi connectivity index (χ2n) is 5.22. The van der Waals surface area contributed by atoms with E-state index in [2.05, 4.69) is 21.8 Å². The van der Waals surface area contributed by atoms with E-state index in [0.29, 0.717) is 11.5 Å². The lowest BCUT2D eigenvalue weighted by molar-refractivity contribution is 0.565. The van der Waals surface area contributed by atoms with Gasteiger partial charge in [0.05, 0.1) is 5.69 Å². The number of carbonyl (C=O) groups excluding carboxylic acids is 1. The summed E-state index contributed by atoms with van der Waals surface area (Å²) in [6.45, 7) is 5.79. The quantitative estimate of drug-likeness (QED) is 0.394. The summed E-state index contributed by atoms with van der Waals surface area (Å²) in [5.41, 5.74) is 3.25. The van der Waals surface area contributed by atoms with Crippen molar-refractivity contribution in [1.29, 1.82) is 0 Å². The Hall–Kier alpha value is -3.56. The number of hydrogen-bond donors (Lipinski definition) is 0. The fourth-order valence-electron chi connectivity index (χ4n) is 2.56. The van der Waals surface area contributed by atoms with Crippen LogP contribution in [0.2, 0.25) is 0 Å². The van der Waals surface area contributed by atoms with E-state index in [1.807, 2.05) is 60.0 Å². The first-order valence-electron chi connectivity index (χ1n) is 7.76. The third-order valence-corrected chi connectivity index (χ3v) is 3.77. The lowest BCUT2D eigenvalue weighted by atomic mass is 10.2. The lowest BCUT2D eigenvalue weighted by Crippen LogP contribution is -2.02. The van der Waals surface area contributed by atoms with Crippen molar-refractivity contribution in [3.05, 3.63) is 79.2 Å². The SMILES string of the molecule is C=C/C(=C\C)c1nnc(-c2ccccc2)n1-c1ccc(N=C=O)cc1. The van der Waals surface area contributed by atoms with Crippen LogP contribution in [0.15, 0.2) is 78.3 Å². The highest BCUT2D eigenvalue weighted by molar-refractivity contribution is 5.73. The van der Waals surface area contributed by atoms with Gasteiger partial charge in [-0.2, -0.15) is 4.99 Å². The first-order chi connectivity index (χ1) is 12.3. The summed E-state index contributed by atoms with van der Waals surface area (Å²) < 4.78 is 1.96. The van der Waals surface area contributed by atoms with Gasteiger partial charge in [-0.25, -0.2) is 4.79 Å². The number of rotatable bonds is 5. The number of nitrogens with zero attached hydrogens (tertiary/aromatic N) is 4. The molecular weight excluding hydrogens is 312 g/mol. The molecular formula is C20H16N4O. The van der Waals surface area contributed by atoms with Crippen LogP contribution in [0.5, 0.6) is 0 Å². The zero-order valence-corrected chi connectivity index (χ0v) is 13.8. The van der Waals surface area contributed by atoms with Gasteiger partial charge in [0.15, 0.2) is 11.6 Å². The van der Waals surface area contributed by atoms with E-state index in [-0.39, 0.29) is 0 Å². The Balaban J connectivity index is 2.22. The Morgan fingerprint density at radius 1 is 1.12 bits per heavy atom. The molecule has 0 bridgehead atoms. The highest BCUT2D eigenvalue weighted by Gasteiger charge is 2.17. The molecule has 25 heavy (non-hydrogen) atoms. The molecule has 0 fully saturated rings. The van der Waals surface area contributed by atoms with E-state index in [1.165, 1.54) is 0 Å². The maximum atomic E-state index is 10.4. The van der Waals surface area contributed by atoms with Gasteiger partial charge >= 0.3 is 0 Å². The summed E-state index contributed by atoms with van der Waals surface area (Å²) in [5, 5.41) is 8.73. The molecule has 0 radical (unpaired) electrons. The molecule has 0 spiro atoms. The Morgan fingerprint density at radius 2 is 1.84 bits per heavy atom. The number of isocyanates is 1. The van der Waals surface area contributed by atoms with Crippen LogP contribution < -0.4 is 0 Å². The standard InChI is InChI=1S/C20H16N4O/c1-3-15(4-2)19-22-23-20(16-8-6-5-7-9-16)24(19)18-12-10-17(11-13-18)21-14-25/h3-13H,1H2,2H3/b15-4+. The van der Waals surface area contributed by atoms with Gasteiger partial charge in [-0.15, -0.1) is 10.2 Å². The molecule has 0 unspecified atom stereocenters. The van der Waals surface area contributed by atoms with Crippen molar-refractivity contribution in [2.24, 2.45) is 4.99 Å². The number of hydrogen-bond acceptors (Lipinski definition) is 4. The Morgan fingerprint density at radius 3 is 2.44 bits per heavy atom. The topological polar surface area (TPSA) is 60.1 Å². The van der Waals surface area contributed by atoms with Crippen molar-refractivity contribution in [2.45, 2.75) is 6.92 Å². The molecule has 122 valence electrons. The summed E-state index contributed by atoms with van der Waals surface area (Å²) in [4.78, 5) is 14.0. The molecule has 0 amide bonds. The van der Waals surface area contributed by atoms with E-state index < -0.39 is 0 Å². The minimum absolute atomic E-state index is 0.546. The van der Waals surface area contributed by atoms with Crippen molar-refractivity contribution in [1.82, 2.24) is 14.8 Å². The van der Waals surface area contributed by atoms with E-state index in [4.69, 9.17) is 0 Å². The highest BCUT2D eigenvalue weighted by Crippen LogP contribution is 2.27. The molecule has 0 saturated heterocycles. The predicted octanol–water partition coefficient (Wildman–Crippen LogP) is 4.49. The Bertz CT molecular complexity index is 963. The molecule has 1 aromatic heterocycles. The molecule has 5 heteroatoms. The third kappa shape index (κ3) is 3.22. The van der Waals surface area contributed by atoms with Gasteiger partial charge in [0.2, 0.25) is 6.08 Å². The normalized spacial score (nSPS) is 11.0. The molecule has 0 saturated carbocycles. The summed E-state index contributed by atoms with van der Waals surface area (Å²) in [6, 6.07) is 17.1. The van der Waals surface area contributed by atoms with Crippen molar-refractivity contribution >= 4 is 17.3 Å². The van der Waals surface area contributed by atoms with Crippen LogP contribution in [0, 0.1) is 0 Å². The van der Waals surface area contributed by atoms with E-state index in [9.17, 15) is 4.79 Å². The molecule has 3 rings (SSSR count). The van der Waals surface area contributed by atoms with Crippen LogP contribution in [0.25, 0.3) is 22.6 Å². The van der Waals surface area contributed by atoms with Crippen LogP contribution in [-0.2, 0) is 4.79 Å². The van der Waals surface area contributed by atoms with Crippen LogP contribution >= 0.6 is 0 Å². The minimum Gasteiger partial charge on any atom is -0.275 e. The van der Waals surface area contributed by atoms with Crippen LogP contribution in [0.3, 0.4) is 0 Å². The van der Waals surface area contributed by atoms with Gasteiger partial charge in [0.25, 0.3) is 0 Å². The van der Waals surface area contributed by atoms with Crippen LogP contribution in [0.1, 0.15) is 12.7 Å². The fraction of sp³-hybridized carbons (Fsp3) is 0.0500. The second-order valence-corrected chi connectivity index (χ2v) is 5.22. The summed E-state index contributed by atoms with van der Waals surface area (Å²) in [7, 11) is 0. The van der Waals surface area contributed by atoms with Gasteiger partial charge in [-0.05, 0) is 31.2 Å². The first-order valence-corrected chi connectivity index (χ1v) is 7.76. The molecule has 1 heterocycles. The smallest absolute Gasteiger partial charge is 0.240 e. The largest absolute Gasteiger partial charge is 0.275 e. The fourth-order valence-corrected chi connectivity index (χ4v) is 2.56. The molecule has 2 aromatic carbocycles. The van der Waals surface area contributed by atoms with Gasteiger partial charge in [-0.1, -0.05) is 49.1 Å². The number of aliphatic imine (C=N–C) groups is 1. The van der Waals surface area contributed by atoms with Gasteiger partial charge < -0.3 is 0 Å². The predicted molar refractivity (Wildman–Crippen MR) is 98.4 cm³/mol. The van der Waals surface area contributed by atoms with E-state index in [0.717, 1.165) is 22.6 Å². The van der Waals surface area contributed by atoms with Crippen molar-refractivity contribution < 1.29 is 4.79 Å². The van der Waals surface area contributed by atoms with E-state index >= 15 is 0 Å². The summed E-state index contributed by atoms with van der Waals surface area (Å²) in [6.07, 6.45) is 5.23. The van der Waals surface area contributed by atoms with Gasteiger partial charge in [0.1, 0.15) is 0 Å². The van der Waals surface area contributed by atoms with Gasteiger partial charge in [0, 0.05) is 16.8 Å². The maximum absolute atomic E-state index is 10.4. The zero-order chi connectivity index (χ0) is 17.6. The second kappa shape index (κ2) is 7.34. The third-order valence-electron chi connectivity index (χ3n) is 3.77. The van der Waals surface area contributed by atoms with Crippen LogP contribution in [-0.4, -0.2) is 20.8 Å². The number of allylic oxidation sites excluding steroid dienone is 3. The first kappa shape index (κ1) is 16.3. The average Bonchev–Trinajstić information content (AvgIpc) is 3.09. The molecule has 0 aliphatic carbocycles. The highest BCUT2D eigenvalue weighted by atomic mass is 16.1. The van der Waals surface area contributed by atoms with Crippen molar-refractivity contribution in [3.63, 3.8) is 0 Å². The molecule has 3 aromatic rings. The molecule has 5 nitrogen and oxygen atoms in total. The summed E-state index contributed by atoms with van der Waals surface area (Å²) >= 11 is 0. The number of aromatic nitrogens is 3. The van der Waals surface area contributed by atoms with Crippen molar-refractivity contribution in [3.8, 4) is 17.1 Å². The molecule has 0 N–H and O–H groups in total. The molecule has 0 aliphatic heterocycles. The molecule has 0 aliphatic rings. The van der Waals surface area contributed by atoms with Gasteiger partial charge in [-0.3, -0.25) is 4.57 Å². The Labute approximate surface area is 145 Å². The monoisotopic (exact) mass is 328 g/mol. The van der Waals surface area contributed by atoms with E-state index in [1.54, 1.807) is 24.3 Å². The number of benzene rings is 2. The Kier molecular flexibility index (Phi) is 4.79. The summed E-state index contributed by atoms with van der Waals surface area (Å²) in [5.74, 6) is 1.42. The van der Waals surface area contributed by atoms with Crippen molar-refractivity contribution in [2.75, 3.05) is 0 Å². The van der Waals surface area contributed by atoms with Crippen LogP contribution in [0.4, 0.5) is 5.69 Å². The maximum Gasteiger partial charge on any atom is 0.240 e. The minimum atomic E-state index is 0.546. The zero-order valence-electron chi connectivity index (χ0n) is 13.8.